The predicted octanol–water partition coefficient (Wildman–Crippen LogP) is 2.30. The van der Waals surface area contributed by atoms with E-state index in [9.17, 15) is 4.79 Å². The highest BCUT2D eigenvalue weighted by atomic mass is 16.2. The monoisotopic (exact) mass is 289 g/mol. The first-order valence-corrected chi connectivity index (χ1v) is 7.38. The first kappa shape index (κ1) is 15.4. The summed E-state index contributed by atoms with van der Waals surface area (Å²) in [6.45, 7) is 10.2. The SMILES string of the molecule is Cc1cc(C)n2nc(C(=O)NC(C)CCC(C)C)nc2n1. The van der Waals surface area contributed by atoms with E-state index in [0.717, 1.165) is 24.2 Å². The molecule has 1 amide bonds. The van der Waals surface area contributed by atoms with Crippen LogP contribution in [0.3, 0.4) is 0 Å². The van der Waals surface area contributed by atoms with Gasteiger partial charge in [0.05, 0.1) is 0 Å². The van der Waals surface area contributed by atoms with Gasteiger partial charge in [0.15, 0.2) is 0 Å². The maximum atomic E-state index is 12.2. The van der Waals surface area contributed by atoms with Crippen LogP contribution in [0.2, 0.25) is 0 Å². The molecular formula is C15H23N5O. The van der Waals surface area contributed by atoms with Gasteiger partial charge in [0.25, 0.3) is 11.7 Å². The van der Waals surface area contributed by atoms with Gasteiger partial charge < -0.3 is 5.32 Å². The minimum absolute atomic E-state index is 0.113. The quantitative estimate of drug-likeness (QED) is 0.916. The Hall–Kier alpha value is -1.98. The van der Waals surface area contributed by atoms with Gasteiger partial charge in [-0.15, -0.1) is 5.10 Å². The van der Waals surface area contributed by atoms with Gasteiger partial charge in [-0.1, -0.05) is 13.8 Å². The second-order valence-corrected chi connectivity index (χ2v) is 6.03. The average molecular weight is 289 g/mol. The number of aromatic nitrogens is 4. The number of fused-ring (bicyclic) bond motifs is 1. The largest absolute Gasteiger partial charge is 0.347 e. The van der Waals surface area contributed by atoms with Crippen molar-refractivity contribution in [2.75, 3.05) is 0 Å². The van der Waals surface area contributed by atoms with Crippen LogP contribution in [0.25, 0.3) is 5.78 Å². The maximum Gasteiger partial charge on any atom is 0.291 e. The summed E-state index contributed by atoms with van der Waals surface area (Å²) >= 11 is 0. The molecule has 6 heteroatoms. The van der Waals surface area contributed by atoms with Crippen LogP contribution in [-0.2, 0) is 0 Å². The van der Waals surface area contributed by atoms with E-state index in [2.05, 4.69) is 34.2 Å². The summed E-state index contributed by atoms with van der Waals surface area (Å²) < 4.78 is 1.60. The molecule has 2 aromatic heterocycles. The molecule has 0 radical (unpaired) electrons. The van der Waals surface area contributed by atoms with E-state index in [-0.39, 0.29) is 17.8 Å². The van der Waals surface area contributed by atoms with Gasteiger partial charge in [-0.3, -0.25) is 4.79 Å². The van der Waals surface area contributed by atoms with Crippen molar-refractivity contribution in [2.24, 2.45) is 5.92 Å². The number of carbonyl (C=O) groups is 1. The van der Waals surface area contributed by atoms with Crippen LogP contribution in [0.5, 0.6) is 0 Å². The maximum absolute atomic E-state index is 12.2. The highest BCUT2D eigenvalue weighted by Gasteiger charge is 2.16. The van der Waals surface area contributed by atoms with Crippen molar-refractivity contribution in [3.8, 4) is 0 Å². The minimum Gasteiger partial charge on any atom is -0.347 e. The van der Waals surface area contributed by atoms with Crippen LogP contribution in [-0.4, -0.2) is 31.5 Å². The zero-order valence-electron chi connectivity index (χ0n) is 13.3. The smallest absolute Gasteiger partial charge is 0.291 e. The molecule has 2 rings (SSSR count). The fourth-order valence-electron chi connectivity index (χ4n) is 2.21. The van der Waals surface area contributed by atoms with Gasteiger partial charge in [0.2, 0.25) is 5.82 Å². The normalized spacial score (nSPS) is 12.9. The molecule has 0 saturated heterocycles. The first-order valence-electron chi connectivity index (χ1n) is 7.38. The molecule has 2 heterocycles. The molecule has 6 nitrogen and oxygen atoms in total. The molecular weight excluding hydrogens is 266 g/mol. The standard InChI is InChI=1S/C15H23N5O/c1-9(2)6-7-10(3)16-14(21)13-18-15-17-11(4)8-12(5)20(15)19-13/h8-10H,6-7H2,1-5H3,(H,16,21). The Labute approximate surface area is 125 Å². The molecule has 1 unspecified atom stereocenters. The second kappa shape index (κ2) is 6.20. The van der Waals surface area contributed by atoms with Gasteiger partial charge in [0, 0.05) is 17.4 Å². The minimum atomic E-state index is -0.242. The van der Waals surface area contributed by atoms with Gasteiger partial charge in [-0.2, -0.15) is 4.98 Å². The van der Waals surface area contributed by atoms with E-state index < -0.39 is 0 Å². The number of carbonyl (C=O) groups excluding carboxylic acids is 1. The Balaban J connectivity index is 2.11. The van der Waals surface area contributed by atoms with Gasteiger partial charge in [-0.25, -0.2) is 9.50 Å². The molecule has 0 fully saturated rings. The summed E-state index contributed by atoms with van der Waals surface area (Å²) in [7, 11) is 0. The van der Waals surface area contributed by atoms with Crippen molar-refractivity contribution >= 4 is 11.7 Å². The summed E-state index contributed by atoms with van der Waals surface area (Å²) in [5.74, 6) is 1.03. The molecule has 0 aliphatic carbocycles. The predicted molar refractivity (Wildman–Crippen MR) is 81.3 cm³/mol. The molecule has 0 aromatic carbocycles. The molecule has 1 atom stereocenters. The third-order valence-electron chi connectivity index (χ3n) is 3.38. The van der Waals surface area contributed by atoms with Crippen LogP contribution < -0.4 is 5.32 Å². The molecule has 0 spiro atoms. The van der Waals surface area contributed by atoms with Crippen molar-refractivity contribution in [1.29, 1.82) is 0 Å². The van der Waals surface area contributed by atoms with Crippen LogP contribution in [0.4, 0.5) is 0 Å². The molecule has 0 aliphatic rings. The van der Waals surface area contributed by atoms with Crippen LogP contribution >= 0.6 is 0 Å². The third kappa shape index (κ3) is 3.77. The van der Waals surface area contributed by atoms with Gasteiger partial charge in [-0.05, 0) is 45.6 Å². The van der Waals surface area contributed by atoms with Crippen molar-refractivity contribution < 1.29 is 4.79 Å². The van der Waals surface area contributed by atoms with E-state index in [0.29, 0.717) is 11.7 Å². The Morgan fingerprint density at radius 2 is 1.95 bits per heavy atom. The summed E-state index contributed by atoms with van der Waals surface area (Å²) in [5, 5.41) is 7.17. The fourth-order valence-corrected chi connectivity index (χ4v) is 2.21. The van der Waals surface area contributed by atoms with Crippen LogP contribution in [0, 0.1) is 19.8 Å². The second-order valence-electron chi connectivity index (χ2n) is 6.03. The zero-order valence-corrected chi connectivity index (χ0v) is 13.3. The fraction of sp³-hybridized carbons (Fsp3) is 0.600. The number of aryl methyl sites for hydroxylation is 2. The van der Waals surface area contributed by atoms with Gasteiger partial charge >= 0.3 is 0 Å². The highest BCUT2D eigenvalue weighted by Crippen LogP contribution is 2.08. The Morgan fingerprint density at radius 1 is 1.24 bits per heavy atom. The lowest BCUT2D eigenvalue weighted by molar-refractivity contribution is 0.0927. The molecule has 0 saturated carbocycles. The van der Waals surface area contributed by atoms with E-state index in [1.54, 1.807) is 4.52 Å². The summed E-state index contributed by atoms with van der Waals surface area (Å²) in [4.78, 5) is 20.7. The number of rotatable bonds is 5. The van der Waals surface area contributed by atoms with E-state index >= 15 is 0 Å². The van der Waals surface area contributed by atoms with E-state index in [1.807, 2.05) is 26.8 Å². The number of nitrogens with zero attached hydrogens (tertiary/aromatic N) is 4. The first-order chi connectivity index (χ1) is 9.86. The van der Waals surface area contributed by atoms with E-state index in [1.165, 1.54) is 0 Å². The van der Waals surface area contributed by atoms with Crippen molar-refractivity contribution in [2.45, 2.75) is 53.5 Å². The summed E-state index contributed by atoms with van der Waals surface area (Å²) in [6, 6.07) is 2.02. The molecule has 0 aliphatic heterocycles. The lowest BCUT2D eigenvalue weighted by Crippen LogP contribution is -2.33. The Morgan fingerprint density at radius 3 is 2.62 bits per heavy atom. The van der Waals surface area contributed by atoms with Crippen molar-refractivity contribution in [3.05, 3.63) is 23.3 Å². The highest BCUT2D eigenvalue weighted by molar-refractivity contribution is 5.91. The average Bonchev–Trinajstić information content (AvgIpc) is 2.80. The lowest BCUT2D eigenvalue weighted by Gasteiger charge is -2.13. The summed E-state index contributed by atoms with van der Waals surface area (Å²) in [5.41, 5.74) is 1.78. The van der Waals surface area contributed by atoms with Crippen molar-refractivity contribution in [3.63, 3.8) is 0 Å². The summed E-state index contributed by atoms with van der Waals surface area (Å²) in [6.07, 6.45) is 2.03. The third-order valence-corrected chi connectivity index (χ3v) is 3.38. The zero-order chi connectivity index (χ0) is 15.6. The topological polar surface area (TPSA) is 72.2 Å². The molecule has 0 bridgehead atoms. The van der Waals surface area contributed by atoms with Gasteiger partial charge in [0.1, 0.15) is 0 Å². The molecule has 114 valence electrons. The van der Waals surface area contributed by atoms with Crippen LogP contribution in [0.1, 0.15) is 55.6 Å². The lowest BCUT2D eigenvalue weighted by atomic mass is 10.0. The Bertz CT molecular complexity index is 647. The van der Waals surface area contributed by atoms with Crippen molar-refractivity contribution in [1.82, 2.24) is 24.9 Å². The Kier molecular flexibility index (Phi) is 4.55. The number of hydrogen-bond acceptors (Lipinski definition) is 4. The number of nitrogens with one attached hydrogen (secondary N) is 1. The van der Waals surface area contributed by atoms with E-state index in [4.69, 9.17) is 0 Å². The number of amides is 1. The molecule has 21 heavy (non-hydrogen) atoms. The van der Waals surface area contributed by atoms with Crippen LogP contribution in [0.15, 0.2) is 6.07 Å². The molecule has 1 N–H and O–H groups in total. The molecule has 2 aromatic rings. The number of hydrogen-bond donors (Lipinski definition) is 1.